The quantitative estimate of drug-likeness (QED) is 0.822. The highest BCUT2D eigenvalue weighted by atomic mass is 16.5. The summed E-state index contributed by atoms with van der Waals surface area (Å²) in [5, 5.41) is 3.37. The molecule has 1 saturated carbocycles. The summed E-state index contributed by atoms with van der Waals surface area (Å²) in [4.78, 5) is 4.27. The van der Waals surface area contributed by atoms with Gasteiger partial charge in [0.1, 0.15) is 11.6 Å². The largest absolute Gasteiger partial charge is 0.495 e. The van der Waals surface area contributed by atoms with E-state index in [2.05, 4.69) is 10.3 Å². The lowest BCUT2D eigenvalue weighted by atomic mass is 10.1. The molecule has 0 spiro atoms. The summed E-state index contributed by atoms with van der Waals surface area (Å²) in [5.41, 5.74) is 0. The van der Waals surface area contributed by atoms with Gasteiger partial charge in [-0.3, -0.25) is 0 Å². The van der Waals surface area contributed by atoms with Gasteiger partial charge in [0, 0.05) is 6.54 Å². The van der Waals surface area contributed by atoms with Crippen LogP contribution >= 0.6 is 0 Å². The third-order valence-electron chi connectivity index (χ3n) is 3.02. The Kier molecular flexibility index (Phi) is 3.43. The molecular formula is C12H18N2O. The van der Waals surface area contributed by atoms with Gasteiger partial charge in [-0.25, -0.2) is 4.98 Å². The Morgan fingerprint density at radius 3 is 2.80 bits per heavy atom. The number of nitrogens with one attached hydrogen (secondary N) is 1. The molecule has 0 amide bonds. The van der Waals surface area contributed by atoms with Crippen LogP contribution in [0, 0.1) is 5.92 Å². The van der Waals surface area contributed by atoms with Crippen molar-refractivity contribution >= 4 is 5.82 Å². The second kappa shape index (κ2) is 5.01. The fraction of sp³-hybridized carbons (Fsp3) is 0.583. The molecule has 1 fully saturated rings. The molecule has 3 heteroatoms. The zero-order valence-electron chi connectivity index (χ0n) is 9.20. The lowest BCUT2D eigenvalue weighted by Crippen LogP contribution is -2.11. The Labute approximate surface area is 90.9 Å². The lowest BCUT2D eigenvalue weighted by Gasteiger charge is -2.11. The molecule has 0 aliphatic heterocycles. The van der Waals surface area contributed by atoms with Gasteiger partial charge >= 0.3 is 0 Å². The average molecular weight is 206 g/mol. The van der Waals surface area contributed by atoms with E-state index in [1.165, 1.54) is 25.7 Å². The van der Waals surface area contributed by atoms with Gasteiger partial charge in [0.25, 0.3) is 0 Å². The molecule has 1 aromatic rings. The van der Waals surface area contributed by atoms with E-state index in [4.69, 9.17) is 4.74 Å². The van der Waals surface area contributed by atoms with Crippen LogP contribution in [0.4, 0.5) is 5.82 Å². The van der Waals surface area contributed by atoms with E-state index in [0.717, 1.165) is 24.0 Å². The van der Waals surface area contributed by atoms with Crippen molar-refractivity contribution in [1.29, 1.82) is 0 Å². The van der Waals surface area contributed by atoms with Crippen LogP contribution in [-0.4, -0.2) is 18.6 Å². The lowest BCUT2D eigenvalue weighted by molar-refractivity contribution is 0.413. The monoisotopic (exact) mass is 206 g/mol. The summed E-state index contributed by atoms with van der Waals surface area (Å²) in [7, 11) is 1.66. The third kappa shape index (κ3) is 2.85. The standard InChI is InChI=1S/C12H18N2O/c1-15-11-6-7-12(14-9-11)13-8-10-4-2-3-5-10/h6-7,9-10H,2-5,8H2,1H3,(H,13,14). The van der Waals surface area contributed by atoms with Crippen molar-refractivity contribution in [3.8, 4) is 5.75 Å². The molecule has 1 aliphatic rings. The first-order valence-electron chi connectivity index (χ1n) is 5.62. The number of pyridine rings is 1. The van der Waals surface area contributed by atoms with Crippen LogP contribution in [0.2, 0.25) is 0 Å². The van der Waals surface area contributed by atoms with Crippen LogP contribution in [0.3, 0.4) is 0 Å². The Morgan fingerprint density at radius 2 is 2.20 bits per heavy atom. The number of aromatic nitrogens is 1. The van der Waals surface area contributed by atoms with Crippen LogP contribution in [0.5, 0.6) is 5.75 Å². The first-order chi connectivity index (χ1) is 7.38. The molecule has 15 heavy (non-hydrogen) atoms. The summed E-state index contributed by atoms with van der Waals surface area (Å²) in [6.45, 7) is 1.05. The third-order valence-corrected chi connectivity index (χ3v) is 3.02. The van der Waals surface area contributed by atoms with Crippen molar-refractivity contribution in [1.82, 2.24) is 4.98 Å². The van der Waals surface area contributed by atoms with Crippen molar-refractivity contribution in [2.24, 2.45) is 5.92 Å². The number of nitrogens with zero attached hydrogens (tertiary/aromatic N) is 1. The molecule has 0 aromatic carbocycles. The second-order valence-electron chi connectivity index (χ2n) is 4.11. The van der Waals surface area contributed by atoms with Crippen molar-refractivity contribution < 1.29 is 4.74 Å². The molecular weight excluding hydrogens is 188 g/mol. The van der Waals surface area contributed by atoms with Gasteiger partial charge in [0.2, 0.25) is 0 Å². The van der Waals surface area contributed by atoms with Gasteiger partial charge in [-0.15, -0.1) is 0 Å². The maximum absolute atomic E-state index is 5.06. The Morgan fingerprint density at radius 1 is 1.40 bits per heavy atom. The van der Waals surface area contributed by atoms with Crippen LogP contribution in [0.15, 0.2) is 18.3 Å². The molecule has 0 unspecified atom stereocenters. The summed E-state index contributed by atoms with van der Waals surface area (Å²) < 4.78 is 5.06. The Bertz CT molecular complexity index is 291. The van der Waals surface area contributed by atoms with Crippen molar-refractivity contribution in [3.63, 3.8) is 0 Å². The molecule has 1 aliphatic carbocycles. The summed E-state index contributed by atoms with van der Waals surface area (Å²) in [6, 6.07) is 3.90. The molecule has 0 bridgehead atoms. The zero-order chi connectivity index (χ0) is 10.5. The predicted octanol–water partition coefficient (Wildman–Crippen LogP) is 2.69. The van der Waals surface area contributed by atoms with Crippen molar-refractivity contribution in [3.05, 3.63) is 18.3 Å². The fourth-order valence-corrected chi connectivity index (χ4v) is 2.07. The summed E-state index contributed by atoms with van der Waals surface area (Å²) >= 11 is 0. The minimum atomic E-state index is 0.807. The normalized spacial score (nSPS) is 16.6. The molecule has 1 heterocycles. The van der Waals surface area contributed by atoms with E-state index in [9.17, 15) is 0 Å². The molecule has 3 nitrogen and oxygen atoms in total. The van der Waals surface area contributed by atoms with Gasteiger partial charge in [0.15, 0.2) is 0 Å². The number of hydrogen-bond acceptors (Lipinski definition) is 3. The number of rotatable bonds is 4. The topological polar surface area (TPSA) is 34.1 Å². The molecule has 0 atom stereocenters. The molecule has 82 valence electrons. The molecule has 0 saturated heterocycles. The number of ether oxygens (including phenoxy) is 1. The predicted molar refractivity (Wildman–Crippen MR) is 61.2 cm³/mol. The molecule has 1 N–H and O–H groups in total. The molecule has 0 radical (unpaired) electrons. The Hall–Kier alpha value is -1.25. The highest BCUT2D eigenvalue weighted by Gasteiger charge is 2.14. The van der Waals surface area contributed by atoms with Crippen LogP contribution in [0.1, 0.15) is 25.7 Å². The van der Waals surface area contributed by atoms with Gasteiger partial charge in [-0.2, -0.15) is 0 Å². The maximum Gasteiger partial charge on any atom is 0.137 e. The van der Waals surface area contributed by atoms with E-state index < -0.39 is 0 Å². The van der Waals surface area contributed by atoms with Crippen LogP contribution in [-0.2, 0) is 0 Å². The smallest absolute Gasteiger partial charge is 0.137 e. The van der Waals surface area contributed by atoms with Gasteiger partial charge in [0.05, 0.1) is 13.3 Å². The SMILES string of the molecule is COc1ccc(NCC2CCCC2)nc1. The molecule has 2 rings (SSSR count). The minimum Gasteiger partial charge on any atom is -0.495 e. The highest BCUT2D eigenvalue weighted by Crippen LogP contribution is 2.24. The van der Waals surface area contributed by atoms with Crippen molar-refractivity contribution in [2.45, 2.75) is 25.7 Å². The van der Waals surface area contributed by atoms with E-state index >= 15 is 0 Å². The summed E-state index contributed by atoms with van der Waals surface area (Å²) in [6.07, 6.45) is 7.26. The fourth-order valence-electron chi connectivity index (χ4n) is 2.07. The van der Waals surface area contributed by atoms with Crippen molar-refractivity contribution in [2.75, 3.05) is 19.0 Å². The van der Waals surface area contributed by atoms with E-state index in [-0.39, 0.29) is 0 Å². The number of hydrogen-bond donors (Lipinski definition) is 1. The average Bonchev–Trinajstić information content (AvgIpc) is 2.80. The van der Waals surface area contributed by atoms with Crippen LogP contribution < -0.4 is 10.1 Å². The first-order valence-corrected chi connectivity index (χ1v) is 5.62. The summed E-state index contributed by atoms with van der Waals surface area (Å²) in [5.74, 6) is 2.60. The first kappa shape index (κ1) is 10.3. The minimum absolute atomic E-state index is 0.807. The van der Waals surface area contributed by atoms with E-state index in [1.807, 2.05) is 12.1 Å². The number of anilines is 1. The van der Waals surface area contributed by atoms with Crippen LogP contribution in [0.25, 0.3) is 0 Å². The zero-order valence-corrected chi connectivity index (χ0v) is 9.20. The van der Waals surface area contributed by atoms with Gasteiger partial charge in [-0.1, -0.05) is 12.8 Å². The second-order valence-corrected chi connectivity index (χ2v) is 4.11. The maximum atomic E-state index is 5.06. The Balaban J connectivity index is 1.82. The van der Waals surface area contributed by atoms with E-state index in [1.54, 1.807) is 13.3 Å². The highest BCUT2D eigenvalue weighted by molar-refractivity contribution is 5.37. The van der Waals surface area contributed by atoms with E-state index in [0.29, 0.717) is 0 Å². The number of methoxy groups -OCH3 is 1. The van der Waals surface area contributed by atoms with Gasteiger partial charge < -0.3 is 10.1 Å². The van der Waals surface area contributed by atoms with Gasteiger partial charge in [-0.05, 0) is 30.9 Å². The molecule has 1 aromatic heterocycles.